The fourth-order valence-corrected chi connectivity index (χ4v) is 2.84. The van der Waals surface area contributed by atoms with Gasteiger partial charge >= 0.3 is 0 Å². The van der Waals surface area contributed by atoms with Crippen LogP contribution in [0, 0.1) is 19.7 Å². The lowest BCUT2D eigenvalue weighted by Crippen LogP contribution is -2.12. The smallest absolute Gasteiger partial charge is 0.224 e. The standard InChI is InChI=1S/C21H22FN3O/c1-15-6-8-17(9-7-15)4-3-5-21(26)24-18-10-11-20(19(22)14-18)25-13-12-23-16(25)2/h6-14H,3-5H2,1-2H3,(H,24,26). The highest BCUT2D eigenvalue weighted by atomic mass is 19.1. The molecule has 1 heterocycles. The zero-order valence-corrected chi connectivity index (χ0v) is 15.0. The van der Waals surface area contributed by atoms with E-state index in [-0.39, 0.29) is 5.91 Å². The number of benzene rings is 2. The molecule has 0 atom stereocenters. The lowest BCUT2D eigenvalue weighted by atomic mass is 10.1. The van der Waals surface area contributed by atoms with Crippen LogP contribution in [0.5, 0.6) is 0 Å². The number of nitrogens with one attached hydrogen (secondary N) is 1. The number of aryl methyl sites for hydroxylation is 3. The molecule has 0 spiro atoms. The van der Waals surface area contributed by atoms with Crippen LogP contribution in [0.2, 0.25) is 0 Å². The van der Waals surface area contributed by atoms with Gasteiger partial charge in [0.1, 0.15) is 11.6 Å². The molecule has 0 aliphatic heterocycles. The summed E-state index contributed by atoms with van der Waals surface area (Å²) in [6, 6.07) is 13.0. The van der Waals surface area contributed by atoms with Crippen LogP contribution >= 0.6 is 0 Å². The summed E-state index contributed by atoms with van der Waals surface area (Å²) >= 11 is 0. The van der Waals surface area contributed by atoms with Crippen molar-refractivity contribution in [3.63, 3.8) is 0 Å². The molecule has 0 saturated heterocycles. The minimum Gasteiger partial charge on any atom is -0.326 e. The third-order valence-electron chi connectivity index (χ3n) is 4.31. The van der Waals surface area contributed by atoms with Crippen molar-refractivity contribution in [1.29, 1.82) is 0 Å². The number of nitrogens with zero attached hydrogens (tertiary/aromatic N) is 2. The second-order valence-electron chi connectivity index (χ2n) is 6.40. The maximum Gasteiger partial charge on any atom is 0.224 e. The molecular formula is C21H22FN3O. The van der Waals surface area contributed by atoms with Crippen molar-refractivity contribution in [3.05, 3.63) is 77.6 Å². The Hall–Kier alpha value is -2.95. The van der Waals surface area contributed by atoms with Gasteiger partial charge in [-0.3, -0.25) is 4.79 Å². The monoisotopic (exact) mass is 351 g/mol. The van der Waals surface area contributed by atoms with Crippen molar-refractivity contribution in [1.82, 2.24) is 9.55 Å². The van der Waals surface area contributed by atoms with Gasteiger partial charge < -0.3 is 9.88 Å². The molecule has 26 heavy (non-hydrogen) atoms. The van der Waals surface area contributed by atoms with Gasteiger partial charge in [0.15, 0.2) is 0 Å². The summed E-state index contributed by atoms with van der Waals surface area (Å²) in [7, 11) is 0. The molecule has 3 aromatic rings. The van der Waals surface area contributed by atoms with E-state index in [1.54, 1.807) is 29.1 Å². The van der Waals surface area contributed by atoms with Gasteiger partial charge in [-0.2, -0.15) is 0 Å². The van der Waals surface area contributed by atoms with E-state index in [1.165, 1.54) is 17.2 Å². The topological polar surface area (TPSA) is 46.9 Å². The highest BCUT2D eigenvalue weighted by molar-refractivity contribution is 5.90. The molecule has 0 bridgehead atoms. The molecule has 1 N–H and O–H groups in total. The first-order valence-corrected chi connectivity index (χ1v) is 8.68. The second kappa shape index (κ2) is 7.95. The highest BCUT2D eigenvalue weighted by Crippen LogP contribution is 2.20. The van der Waals surface area contributed by atoms with E-state index in [0.717, 1.165) is 12.8 Å². The molecule has 2 aromatic carbocycles. The van der Waals surface area contributed by atoms with Crippen LogP contribution < -0.4 is 5.32 Å². The van der Waals surface area contributed by atoms with Crippen LogP contribution in [0.1, 0.15) is 29.8 Å². The van der Waals surface area contributed by atoms with E-state index in [0.29, 0.717) is 23.6 Å². The Balaban J connectivity index is 1.55. The molecule has 5 heteroatoms. The molecule has 1 aromatic heterocycles. The second-order valence-corrected chi connectivity index (χ2v) is 6.40. The van der Waals surface area contributed by atoms with E-state index in [2.05, 4.69) is 41.5 Å². The van der Waals surface area contributed by atoms with E-state index in [4.69, 9.17) is 0 Å². The summed E-state index contributed by atoms with van der Waals surface area (Å²) in [5, 5.41) is 2.76. The predicted octanol–water partition coefficient (Wildman–Crippen LogP) is 4.59. The van der Waals surface area contributed by atoms with Gasteiger partial charge in [0, 0.05) is 24.5 Å². The Bertz CT molecular complexity index is 900. The van der Waals surface area contributed by atoms with Crippen molar-refractivity contribution in [2.24, 2.45) is 0 Å². The number of rotatable bonds is 6. The van der Waals surface area contributed by atoms with Crippen LogP contribution in [0.25, 0.3) is 5.69 Å². The molecule has 3 rings (SSSR count). The molecule has 0 radical (unpaired) electrons. The van der Waals surface area contributed by atoms with Crippen molar-refractivity contribution in [3.8, 4) is 5.69 Å². The maximum atomic E-state index is 14.3. The Morgan fingerprint density at radius 3 is 2.58 bits per heavy atom. The van der Waals surface area contributed by atoms with Crippen molar-refractivity contribution < 1.29 is 9.18 Å². The lowest BCUT2D eigenvalue weighted by Gasteiger charge is -2.10. The number of imidazole rings is 1. The first kappa shape index (κ1) is 17.9. The van der Waals surface area contributed by atoms with E-state index in [9.17, 15) is 9.18 Å². The summed E-state index contributed by atoms with van der Waals surface area (Å²) in [6.45, 7) is 3.86. The van der Waals surface area contributed by atoms with Gasteiger partial charge in [0.25, 0.3) is 0 Å². The van der Waals surface area contributed by atoms with Crippen molar-refractivity contribution in [2.45, 2.75) is 33.1 Å². The zero-order valence-electron chi connectivity index (χ0n) is 15.0. The number of carbonyl (C=O) groups is 1. The molecule has 0 aliphatic carbocycles. The van der Waals surface area contributed by atoms with Gasteiger partial charge in [-0.05, 0) is 50.5 Å². The van der Waals surface area contributed by atoms with Crippen LogP contribution in [0.15, 0.2) is 54.9 Å². The Kier molecular flexibility index (Phi) is 5.46. The van der Waals surface area contributed by atoms with Crippen LogP contribution in [0.4, 0.5) is 10.1 Å². The SMILES string of the molecule is Cc1ccc(CCCC(=O)Nc2ccc(-n3ccnc3C)c(F)c2)cc1. The van der Waals surface area contributed by atoms with E-state index in [1.807, 2.05) is 6.92 Å². The number of aromatic nitrogens is 2. The molecule has 1 amide bonds. The van der Waals surface area contributed by atoms with Crippen LogP contribution in [0.3, 0.4) is 0 Å². The van der Waals surface area contributed by atoms with Gasteiger partial charge in [-0.1, -0.05) is 29.8 Å². The highest BCUT2D eigenvalue weighted by Gasteiger charge is 2.09. The first-order valence-electron chi connectivity index (χ1n) is 8.68. The third-order valence-corrected chi connectivity index (χ3v) is 4.31. The van der Waals surface area contributed by atoms with Gasteiger partial charge in [0.05, 0.1) is 5.69 Å². The Labute approximate surface area is 152 Å². The largest absolute Gasteiger partial charge is 0.326 e. The Morgan fingerprint density at radius 2 is 1.92 bits per heavy atom. The van der Waals surface area contributed by atoms with E-state index >= 15 is 0 Å². The quantitative estimate of drug-likeness (QED) is 0.706. The summed E-state index contributed by atoms with van der Waals surface area (Å²) in [6.07, 6.45) is 5.33. The molecule has 4 nitrogen and oxygen atoms in total. The fourth-order valence-electron chi connectivity index (χ4n) is 2.84. The van der Waals surface area contributed by atoms with Gasteiger partial charge in [0.2, 0.25) is 5.91 Å². The molecule has 0 saturated carbocycles. The Morgan fingerprint density at radius 1 is 1.15 bits per heavy atom. The minimum atomic E-state index is -0.399. The predicted molar refractivity (Wildman–Crippen MR) is 101 cm³/mol. The van der Waals surface area contributed by atoms with Gasteiger partial charge in [-0.15, -0.1) is 0 Å². The molecule has 0 unspecified atom stereocenters. The summed E-state index contributed by atoms with van der Waals surface area (Å²) in [5.41, 5.74) is 3.32. The zero-order chi connectivity index (χ0) is 18.5. The summed E-state index contributed by atoms with van der Waals surface area (Å²) in [4.78, 5) is 16.2. The van der Waals surface area contributed by atoms with Crippen molar-refractivity contribution >= 4 is 11.6 Å². The van der Waals surface area contributed by atoms with Gasteiger partial charge in [-0.25, -0.2) is 9.37 Å². The summed E-state index contributed by atoms with van der Waals surface area (Å²) < 4.78 is 16.0. The number of halogens is 1. The molecule has 0 aliphatic rings. The maximum absolute atomic E-state index is 14.3. The number of hydrogen-bond acceptors (Lipinski definition) is 2. The molecule has 134 valence electrons. The summed E-state index contributed by atoms with van der Waals surface area (Å²) in [5.74, 6) is 0.198. The first-order chi connectivity index (χ1) is 12.5. The number of anilines is 1. The molecule has 0 fully saturated rings. The average Bonchev–Trinajstić information content (AvgIpc) is 3.03. The number of hydrogen-bond donors (Lipinski definition) is 1. The number of amides is 1. The van der Waals surface area contributed by atoms with Crippen LogP contribution in [-0.4, -0.2) is 15.5 Å². The molecular weight excluding hydrogens is 329 g/mol. The minimum absolute atomic E-state index is 0.108. The van der Waals surface area contributed by atoms with E-state index < -0.39 is 5.82 Å². The van der Waals surface area contributed by atoms with Crippen molar-refractivity contribution in [2.75, 3.05) is 5.32 Å². The normalized spacial score (nSPS) is 10.7. The third kappa shape index (κ3) is 4.36. The average molecular weight is 351 g/mol. The fraction of sp³-hybridized carbons (Fsp3) is 0.238. The van der Waals surface area contributed by atoms with Crippen LogP contribution in [-0.2, 0) is 11.2 Å². The number of carbonyl (C=O) groups excluding carboxylic acids is 1. The lowest BCUT2D eigenvalue weighted by molar-refractivity contribution is -0.116.